The topological polar surface area (TPSA) is 78.4 Å². The number of hydrogen-bond donors (Lipinski definition) is 3. The van der Waals surface area contributed by atoms with Gasteiger partial charge in [0.2, 0.25) is 5.91 Å². The van der Waals surface area contributed by atoms with Gasteiger partial charge in [-0.2, -0.15) is 13.2 Å². The molecule has 0 spiro atoms. The van der Waals surface area contributed by atoms with Gasteiger partial charge in [-0.05, 0) is 12.1 Å². The van der Waals surface area contributed by atoms with Crippen LogP contribution in [-0.2, 0) is 4.79 Å². The zero-order valence-corrected chi connectivity index (χ0v) is 10.7. The minimum absolute atomic E-state index is 0.0798. The number of carboxylic acid groups (broad SMARTS) is 1. The SMILES string of the molecule is O=C(CNCC(F)(F)F)Nc1cccc(Cl)c1C(=O)O. The van der Waals surface area contributed by atoms with Crippen molar-refractivity contribution < 1.29 is 27.9 Å². The van der Waals surface area contributed by atoms with E-state index in [0.717, 1.165) is 0 Å². The van der Waals surface area contributed by atoms with E-state index in [4.69, 9.17) is 16.7 Å². The lowest BCUT2D eigenvalue weighted by Crippen LogP contribution is -2.35. The van der Waals surface area contributed by atoms with Gasteiger partial charge in [0.05, 0.1) is 23.8 Å². The first-order chi connectivity index (χ1) is 9.20. The molecule has 0 fully saturated rings. The van der Waals surface area contributed by atoms with Gasteiger partial charge in [-0.25, -0.2) is 4.79 Å². The second-order valence-corrected chi connectivity index (χ2v) is 4.14. The van der Waals surface area contributed by atoms with Crippen molar-refractivity contribution in [2.75, 3.05) is 18.4 Å². The maximum atomic E-state index is 11.9. The maximum absolute atomic E-state index is 11.9. The van der Waals surface area contributed by atoms with Crippen LogP contribution in [0, 0.1) is 0 Å². The van der Waals surface area contributed by atoms with Crippen molar-refractivity contribution in [3.05, 3.63) is 28.8 Å². The summed E-state index contributed by atoms with van der Waals surface area (Å²) < 4.78 is 35.6. The van der Waals surface area contributed by atoms with Gasteiger partial charge in [0, 0.05) is 0 Å². The molecule has 0 atom stereocenters. The van der Waals surface area contributed by atoms with E-state index < -0.39 is 31.1 Å². The Bertz CT molecular complexity index is 520. The van der Waals surface area contributed by atoms with Crippen LogP contribution in [0.5, 0.6) is 0 Å². The van der Waals surface area contributed by atoms with Crippen molar-refractivity contribution in [1.29, 1.82) is 0 Å². The summed E-state index contributed by atoms with van der Waals surface area (Å²) in [4.78, 5) is 22.4. The van der Waals surface area contributed by atoms with E-state index in [1.807, 2.05) is 5.32 Å². The van der Waals surface area contributed by atoms with Crippen molar-refractivity contribution in [2.45, 2.75) is 6.18 Å². The van der Waals surface area contributed by atoms with Crippen LogP contribution >= 0.6 is 11.6 Å². The van der Waals surface area contributed by atoms with E-state index >= 15 is 0 Å². The number of hydrogen-bond acceptors (Lipinski definition) is 3. The molecule has 0 aliphatic rings. The molecule has 20 heavy (non-hydrogen) atoms. The molecule has 0 aromatic heterocycles. The number of benzene rings is 1. The van der Waals surface area contributed by atoms with E-state index in [9.17, 15) is 22.8 Å². The quantitative estimate of drug-likeness (QED) is 0.778. The minimum atomic E-state index is -4.43. The molecule has 0 heterocycles. The number of amides is 1. The molecule has 0 saturated heterocycles. The Morgan fingerprint density at radius 1 is 1.30 bits per heavy atom. The third-order valence-corrected chi connectivity index (χ3v) is 2.43. The van der Waals surface area contributed by atoms with Crippen LogP contribution in [0.25, 0.3) is 0 Å². The van der Waals surface area contributed by atoms with Gasteiger partial charge < -0.3 is 15.7 Å². The molecule has 1 aromatic carbocycles. The molecular formula is C11H10ClF3N2O3. The van der Waals surface area contributed by atoms with Gasteiger partial charge in [0.15, 0.2) is 0 Å². The Hall–Kier alpha value is -1.80. The number of alkyl halides is 3. The van der Waals surface area contributed by atoms with Crippen molar-refractivity contribution in [3.63, 3.8) is 0 Å². The van der Waals surface area contributed by atoms with Gasteiger partial charge >= 0.3 is 12.1 Å². The van der Waals surface area contributed by atoms with Gasteiger partial charge in [-0.15, -0.1) is 0 Å². The molecule has 110 valence electrons. The average Bonchev–Trinajstić information content (AvgIpc) is 2.26. The van der Waals surface area contributed by atoms with Crippen LogP contribution in [0.15, 0.2) is 18.2 Å². The van der Waals surface area contributed by atoms with Crippen LogP contribution < -0.4 is 10.6 Å². The fourth-order valence-corrected chi connectivity index (χ4v) is 1.61. The molecule has 3 N–H and O–H groups in total. The van der Waals surface area contributed by atoms with Crippen LogP contribution in [0.4, 0.5) is 18.9 Å². The van der Waals surface area contributed by atoms with E-state index in [1.165, 1.54) is 18.2 Å². The van der Waals surface area contributed by atoms with Gasteiger partial charge in [-0.1, -0.05) is 17.7 Å². The molecule has 0 bridgehead atoms. The Balaban J connectivity index is 2.67. The molecule has 1 amide bonds. The number of anilines is 1. The molecule has 0 aliphatic heterocycles. The van der Waals surface area contributed by atoms with E-state index in [0.29, 0.717) is 0 Å². The average molecular weight is 311 g/mol. The summed E-state index contributed by atoms with van der Waals surface area (Å²) in [5, 5.41) is 12.9. The van der Waals surface area contributed by atoms with Gasteiger partial charge in [-0.3, -0.25) is 4.79 Å². The van der Waals surface area contributed by atoms with Gasteiger partial charge in [0.1, 0.15) is 5.56 Å². The molecule has 1 aromatic rings. The smallest absolute Gasteiger partial charge is 0.401 e. The largest absolute Gasteiger partial charge is 0.478 e. The van der Waals surface area contributed by atoms with E-state index in [1.54, 1.807) is 0 Å². The summed E-state index contributed by atoms with van der Waals surface area (Å²) in [7, 11) is 0. The minimum Gasteiger partial charge on any atom is -0.478 e. The Labute approximate surface area is 116 Å². The molecule has 0 unspecified atom stereocenters. The Morgan fingerprint density at radius 2 is 1.95 bits per heavy atom. The monoisotopic (exact) mass is 310 g/mol. The van der Waals surface area contributed by atoms with Crippen molar-refractivity contribution in [3.8, 4) is 0 Å². The number of aromatic carboxylic acids is 1. The van der Waals surface area contributed by atoms with Crippen molar-refractivity contribution in [1.82, 2.24) is 5.32 Å². The number of halogens is 4. The predicted octanol–water partition coefficient (Wildman–Crippen LogP) is 2.13. The number of rotatable bonds is 5. The molecule has 1 rings (SSSR count). The number of carboxylic acids is 1. The second kappa shape index (κ2) is 6.58. The zero-order chi connectivity index (χ0) is 15.3. The number of carbonyl (C=O) groups is 2. The van der Waals surface area contributed by atoms with Gasteiger partial charge in [0.25, 0.3) is 0 Å². The predicted molar refractivity (Wildman–Crippen MR) is 66.0 cm³/mol. The summed E-state index contributed by atoms with van der Waals surface area (Å²) in [6.07, 6.45) is -4.43. The van der Waals surface area contributed by atoms with Crippen LogP contribution in [0.3, 0.4) is 0 Å². The molecule has 9 heteroatoms. The highest BCUT2D eigenvalue weighted by Gasteiger charge is 2.26. The molecule has 0 aliphatic carbocycles. The highest BCUT2D eigenvalue weighted by molar-refractivity contribution is 6.34. The van der Waals surface area contributed by atoms with E-state index in [2.05, 4.69) is 5.32 Å². The summed E-state index contributed by atoms with van der Waals surface area (Å²) in [6.45, 7) is -1.92. The number of nitrogens with one attached hydrogen (secondary N) is 2. The molecule has 5 nitrogen and oxygen atoms in total. The normalized spacial score (nSPS) is 11.2. The molecule has 0 saturated carbocycles. The highest BCUT2D eigenvalue weighted by Crippen LogP contribution is 2.24. The number of carbonyl (C=O) groups excluding carboxylic acids is 1. The zero-order valence-electron chi connectivity index (χ0n) is 9.92. The van der Waals surface area contributed by atoms with Crippen molar-refractivity contribution in [2.24, 2.45) is 0 Å². The second-order valence-electron chi connectivity index (χ2n) is 3.73. The highest BCUT2D eigenvalue weighted by atomic mass is 35.5. The lowest BCUT2D eigenvalue weighted by molar-refractivity contribution is -0.126. The Morgan fingerprint density at radius 3 is 2.50 bits per heavy atom. The summed E-state index contributed by atoms with van der Waals surface area (Å²) >= 11 is 5.68. The first-order valence-corrected chi connectivity index (χ1v) is 5.67. The maximum Gasteiger partial charge on any atom is 0.401 e. The first kappa shape index (κ1) is 16.3. The van der Waals surface area contributed by atoms with Crippen LogP contribution in [0.1, 0.15) is 10.4 Å². The Kier molecular flexibility index (Phi) is 5.34. The lowest BCUT2D eigenvalue weighted by atomic mass is 10.1. The lowest BCUT2D eigenvalue weighted by Gasteiger charge is -2.11. The summed E-state index contributed by atoms with van der Waals surface area (Å²) in [6, 6.07) is 4.02. The fourth-order valence-electron chi connectivity index (χ4n) is 1.36. The van der Waals surface area contributed by atoms with Crippen LogP contribution in [0.2, 0.25) is 5.02 Å². The summed E-state index contributed by atoms with van der Waals surface area (Å²) in [5.74, 6) is -2.16. The standard InChI is InChI=1S/C11H10ClF3N2O3/c12-6-2-1-3-7(9(6)10(19)20)17-8(18)4-16-5-11(13,14)15/h1-3,16H,4-5H2,(H,17,18)(H,19,20). The molecular weight excluding hydrogens is 301 g/mol. The van der Waals surface area contributed by atoms with Crippen molar-refractivity contribution >= 4 is 29.2 Å². The first-order valence-electron chi connectivity index (χ1n) is 5.30. The third-order valence-electron chi connectivity index (χ3n) is 2.11. The van der Waals surface area contributed by atoms with E-state index in [-0.39, 0.29) is 16.3 Å². The fraction of sp³-hybridized carbons (Fsp3) is 0.273. The summed E-state index contributed by atoms with van der Waals surface area (Å²) in [5.41, 5.74) is -0.401. The third kappa shape index (κ3) is 5.06. The van der Waals surface area contributed by atoms with Crippen LogP contribution in [-0.4, -0.2) is 36.2 Å². The molecule has 0 radical (unpaired) electrons.